The molecule has 0 aliphatic carbocycles. The van der Waals surface area contributed by atoms with E-state index in [2.05, 4.69) is 5.32 Å². The van der Waals surface area contributed by atoms with E-state index >= 15 is 0 Å². The molecule has 8 heteroatoms. The fraction of sp³-hybridized carbons (Fsp3) is 0.333. The SMILES string of the molecule is Cl.[2H]C([2H])([2H])C(=O)OC1C(=O)N(CCNC)c2ccccc2SC1c1ccc(OC)cc1. The van der Waals surface area contributed by atoms with Crippen molar-refractivity contribution in [2.45, 2.75) is 23.1 Å². The number of methoxy groups -OCH3 is 1. The van der Waals surface area contributed by atoms with E-state index in [0.29, 0.717) is 30.1 Å². The van der Waals surface area contributed by atoms with Crippen LogP contribution in [0, 0.1) is 0 Å². The van der Waals surface area contributed by atoms with Crippen molar-refractivity contribution in [3.63, 3.8) is 0 Å². The van der Waals surface area contributed by atoms with Crippen molar-refractivity contribution in [3.05, 3.63) is 54.1 Å². The van der Waals surface area contributed by atoms with E-state index < -0.39 is 30.1 Å². The smallest absolute Gasteiger partial charge is 0.303 e. The molecular weight excluding hydrogens is 412 g/mol. The Kier molecular flexibility index (Phi) is 6.82. The number of thioether (sulfide) groups is 1. The lowest BCUT2D eigenvalue weighted by Gasteiger charge is -2.27. The van der Waals surface area contributed by atoms with Gasteiger partial charge < -0.3 is 19.7 Å². The van der Waals surface area contributed by atoms with Crippen molar-refractivity contribution >= 4 is 41.7 Å². The number of rotatable bonds is 6. The molecule has 1 heterocycles. The molecule has 29 heavy (non-hydrogen) atoms. The number of anilines is 1. The third-order valence-electron chi connectivity index (χ3n) is 4.46. The monoisotopic (exact) mass is 439 g/mol. The number of nitrogens with zero attached hydrogens (tertiary/aromatic N) is 1. The summed E-state index contributed by atoms with van der Waals surface area (Å²) in [4.78, 5) is 28.2. The molecule has 1 amide bonds. The molecule has 0 aromatic heterocycles. The Balaban J connectivity index is 0.00000363. The standard InChI is InChI=1S/C21H24N2O4S.ClH/c1-14(24)27-19-20(15-8-10-16(26-3)11-9-15)28-18-7-5-4-6-17(18)23(21(19)25)13-12-22-2;/h4-11,19-20,22H,12-13H2,1-3H3;1H/i1D3;. The molecule has 1 aliphatic heterocycles. The highest BCUT2D eigenvalue weighted by Crippen LogP contribution is 2.46. The Hall–Kier alpha value is -2.22. The zero-order valence-electron chi connectivity index (χ0n) is 19.1. The van der Waals surface area contributed by atoms with Crippen LogP contribution in [0.3, 0.4) is 0 Å². The number of hydrogen-bond donors (Lipinski definition) is 1. The predicted octanol–water partition coefficient (Wildman–Crippen LogP) is 3.45. The predicted molar refractivity (Wildman–Crippen MR) is 117 cm³/mol. The number of para-hydroxylation sites is 1. The molecule has 1 N–H and O–H groups in total. The molecule has 2 unspecified atom stereocenters. The number of carbonyl (C=O) groups excluding carboxylic acids is 2. The lowest BCUT2D eigenvalue weighted by molar-refractivity contribution is -0.152. The minimum atomic E-state index is -2.97. The topological polar surface area (TPSA) is 67.9 Å². The second kappa shape index (κ2) is 10.5. The Morgan fingerprint density at radius 3 is 2.62 bits per heavy atom. The number of esters is 1. The number of benzene rings is 2. The summed E-state index contributed by atoms with van der Waals surface area (Å²) in [5.41, 5.74) is 1.41. The molecule has 0 fully saturated rings. The Morgan fingerprint density at radius 2 is 1.97 bits per heavy atom. The van der Waals surface area contributed by atoms with E-state index in [0.717, 1.165) is 4.90 Å². The van der Waals surface area contributed by atoms with Gasteiger partial charge in [-0.3, -0.25) is 9.59 Å². The molecule has 0 saturated heterocycles. The van der Waals surface area contributed by atoms with Crippen LogP contribution < -0.4 is 15.0 Å². The molecular formula is C21H25ClN2O4S. The van der Waals surface area contributed by atoms with Gasteiger partial charge in [0.1, 0.15) is 5.75 Å². The maximum absolute atomic E-state index is 13.6. The van der Waals surface area contributed by atoms with E-state index in [1.807, 2.05) is 24.3 Å². The van der Waals surface area contributed by atoms with Gasteiger partial charge in [0.05, 0.1) is 18.0 Å². The van der Waals surface area contributed by atoms with Gasteiger partial charge in [0.15, 0.2) is 6.10 Å². The molecule has 156 valence electrons. The zero-order chi connectivity index (χ0) is 22.6. The quantitative estimate of drug-likeness (QED) is 0.695. The summed E-state index contributed by atoms with van der Waals surface area (Å²) >= 11 is 1.36. The van der Waals surface area contributed by atoms with Crippen molar-refractivity contribution in [2.24, 2.45) is 0 Å². The fourth-order valence-electron chi connectivity index (χ4n) is 3.10. The molecule has 0 radical (unpaired) electrons. The van der Waals surface area contributed by atoms with E-state index in [1.54, 1.807) is 43.3 Å². The minimum absolute atomic E-state index is 0. The normalized spacial score (nSPS) is 20.3. The number of fused-ring (bicyclic) bond motifs is 1. The van der Waals surface area contributed by atoms with Crippen LogP contribution in [0.2, 0.25) is 0 Å². The van der Waals surface area contributed by atoms with Gasteiger partial charge in [-0.15, -0.1) is 24.2 Å². The molecule has 2 aromatic rings. The number of carbonyl (C=O) groups is 2. The number of amides is 1. The number of halogens is 1. The van der Waals surface area contributed by atoms with Gasteiger partial charge in [-0.05, 0) is 36.9 Å². The maximum atomic E-state index is 13.6. The number of ether oxygens (including phenoxy) is 2. The van der Waals surface area contributed by atoms with E-state index in [4.69, 9.17) is 13.6 Å². The molecule has 0 saturated carbocycles. The number of nitrogens with one attached hydrogen (secondary N) is 1. The largest absolute Gasteiger partial charge is 0.497 e. The highest BCUT2D eigenvalue weighted by molar-refractivity contribution is 7.99. The van der Waals surface area contributed by atoms with Crippen molar-refractivity contribution < 1.29 is 23.2 Å². The summed E-state index contributed by atoms with van der Waals surface area (Å²) in [6, 6.07) is 14.5. The molecule has 0 spiro atoms. The molecule has 2 aromatic carbocycles. The third-order valence-corrected chi connectivity index (χ3v) is 5.83. The first kappa shape index (κ1) is 18.8. The highest BCUT2D eigenvalue weighted by Gasteiger charge is 2.40. The summed E-state index contributed by atoms with van der Waals surface area (Å²) in [5, 5.41) is 2.38. The summed E-state index contributed by atoms with van der Waals surface area (Å²) in [5.74, 6) is -1.23. The summed E-state index contributed by atoms with van der Waals surface area (Å²) in [6.45, 7) is -2.12. The van der Waals surface area contributed by atoms with Crippen LogP contribution in [0.5, 0.6) is 5.75 Å². The van der Waals surface area contributed by atoms with Gasteiger partial charge in [0.2, 0.25) is 0 Å². The van der Waals surface area contributed by atoms with Crippen molar-refractivity contribution in [2.75, 3.05) is 32.1 Å². The Labute approximate surface area is 185 Å². The number of hydrogen-bond acceptors (Lipinski definition) is 6. The first-order chi connectivity index (χ1) is 14.8. The van der Waals surface area contributed by atoms with Crippen LogP contribution in [0.4, 0.5) is 5.69 Å². The fourth-order valence-corrected chi connectivity index (χ4v) is 4.42. The average molecular weight is 440 g/mol. The molecule has 0 bridgehead atoms. The summed E-state index contributed by atoms with van der Waals surface area (Å²) in [7, 11) is 3.32. The minimum Gasteiger partial charge on any atom is -0.497 e. The first-order valence-electron chi connectivity index (χ1n) is 10.3. The van der Waals surface area contributed by atoms with Crippen LogP contribution in [-0.4, -0.2) is 45.2 Å². The van der Waals surface area contributed by atoms with E-state index in [1.165, 1.54) is 11.8 Å². The summed E-state index contributed by atoms with van der Waals surface area (Å²) < 4.78 is 32.7. The third kappa shape index (κ3) is 5.23. The lowest BCUT2D eigenvalue weighted by atomic mass is 10.1. The van der Waals surface area contributed by atoms with Gasteiger partial charge in [0, 0.05) is 28.9 Å². The van der Waals surface area contributed by atoms with Gasteiger partial charge in [-0.1, -0.05) is 24.3 Å². The maximum Gasteiger partial charge on any atom is 0.303 e. The zero-order valence-corrected chi connectivity index (χ0v) is 17.7. The van der Waals surface area contributed by atoms with Crippen LogP contribution in [-0.2, 0) is 14.3 Å². The van der Waals surface area contributed by atoms with Crippen LogP contribution >= 0.6 is 24.2 Å². The summed E-state index contributed by atoms with van der Waals surface area (Å²) in [6.07, 6.45) is -1.31. The Bertz CT molecular complexity index is 943. The second-order valence-corrected chi connectivity index (χ2v) is 7.38. The van der Waals surface area contributed by atoms with E-state index in [9.17, 15) is 9.59 Å². The van der Waals surface area contributed by atoms with Crippen molar-refractivity contribution in [1.29, 1.82) is 0 Å². The van der Waals surface area contributed by atoms with Crippen molar-refractivity contribution in [3.8, 4) is 5.75 Å². The molecule has 2 atom stereocenters. The van der Waals surface area contributed by atoms with Gasteiger partial charge in [-0.2, -0.15) is 0 Å². The average Bonchev–Trinajstić information content (AvgIpc) is 2.86. The number of likely N-dealkylation sites (N-methyl/N-ethyl adjacent to an activating group) is 1. The second-order valence-electron chi connectivity index (χ2n) is 6.20. The molecule has 1 aliphatic rings. The van der Waals surface area contributed by atoms with E-state index in [-0.39, 0.29) is 12.4 Å². The van der Waals surface area contributed by atoms with Crippen LogP contribution in [0.15, 0.2) is 53.4 Å². The first-order valence-corrected chi connectivity index (χ1v) is 9.71. The molecule has 3 rings (SSSR count). The van der Waals surface area contributed by atoms with Crippen LogP contribution in [0.25, 0.3) is 0 Å². The molecule has 6 nitrogen and oxygen atoms in total. The van der Waals surface area contributed by atoms with Gasteiger partial charge in [-0.25, -0.2) is 0 Å². The van der Waals surface area contributed by atoms with Gasteiger partial charge in [0.25, 0.3) is 5.91 Å². The Morgan fingerprint density at radius 1 is 1.24 bits per heavy atom. The van der Waals surface area contributed by atoms with Crippen molar-refractivity contribution in [1.82, 2.24) is 5.32 Å². The lowest BCUT2D eigenvalue weighted by Crippen LogP contribution is -2.45. The van der Waals surface area contributed by atoms with Gasteiger partial charge >= 0.3 is 5.97 Å². The van der Waals surface area contributed by atoms with Crippen LogP contribution in [0.1, 0.15) is 21.8 Å². The highest BCUT2D eigenvalue weighted by atomic mass is 35.5.